The number of esters is 1. The molecule has 0 unspecified atom stereocenters. The Hall–Kier alpha value is -0.530. The van der Waals surface area contributed by atoms with Gasteiger partial charge >= 0.3 is 5.97 Å². The van der Waals surface area contributed by atoms with Gasteiger partial charge < -0.3 is 4.74 Å². The van der Waals surface area contributed by atoms with Crippen LogP contribution >= 0.6 is 0 Å². The topological polar surface area (TPSA) is 26.3 Å². The zero-order valence-electron chi connectivity index (χ0n) is 6.59. The summed E-state index contributed by atoms with van der Waals surface area (Å²) in [5.74, 6) is 0.226. The van der Waals surface area contributed by atoms with Crippen LogP contribution in [0.2, 0.25) is 0 Å². The van der Waals surface area contributed by atoms with Crippen molar-refractivity contribution in [3.63, 3.8) is 0 Å². The molecular weight excluding hydrogens is 128 g/mol. The van der Waals surface area contributed by atoms with Crippen LogP contribution in [0.3, 0.4) is 0 Å². The molecule has 1 aliphatic heterocycles. The Morgan fingerprint density at radius 3 is 2.60 bits per heavy atom. The van der Waals surface area contributed by atoms with Gasteiger partial charge in [0.1, 0.15) is 6.10 Å². The van der Waals surface area contributed by atoms with Crippen molar-refractivity contribution in [2.45, 2.75) is 39.2 Å². The Kier molecular flexibility index (Phi) is 2.30. The maximum Gasteiger partial charge on any atom is 0.313 e. The van der Waals surface area contributed by atoms with Gasteiger partial charge in [0.15, 0.2) is 0 Å². The molecule has 0 aromatic heterocycles. The van der Waals surface area contributed by atoms with Crippen LogP contribution in [0.5, 0.6) is 0 Å². The number of cyclic esters (lactones) is 1. The monoisotopic (exact) mass is 142 g/mol. The molecule has 1 rings (SSSR count). The van der Waals surface area contributed by atoms with Crippen molar-refractivity contribution in [2.75, 3.05) is 0 Å². The summed E-state index contributed by atoms with van der Waals surface area (Å²) in [4.78, 5) is 10.8. The summed E-state index contributed by atoms with van der Waals surface area (Å²) in [5, 5.41) is 0. The number of hydrogen-bond acceptors (Lipinski definition) is 2. The second-order valence-corrected chi connectivity index (χ2v) is 2.78. The molecule has 0 saturated carbocycles. The van der Waals surface area contributed by atoms with Crippen LogP contribution in [-0.2, 0) is 9.53 Å². The number of rotatable bonds is 3. The number of carbonyl (C=O) groups is 1. The van der Waals surface area contributed by atoms with Gasteiger partial charge in [0.2, 0.25) is 0 Å². The summed E-state index contributed by atoms with van der Waals surface area (Å²) in [7, 11) is 0. The van der Waals surface area contributed by atoms with E-state index in [-0.39, 0.29) is 18.0 Å². The highest BCUT2D eigenvalue weighted by Gasteiger charge is 2.39. The second kappa shape index (κ2) is 3.04. The molecule has 10 heavy (non-hydrogen) atoms. The van der Waals surface area contributed by atoms with Gasteiger partial charge in [0, 0.05) is 0 Å². The zero-order chi connectivity index (χ0) is 7.56. The van der Waals surface area contributed by atoms with E-state index in [1.54, 1.807) is 0 Å². The Balaban J connectivity index is 2.32. The van der Waals surface area contributed by atoms with Crippen LogP contribution in [0, 0.1) is 5.92 Å². The highest BCUT2D eigenvalue weighted by Crippen LogP contribution is 2.28. The third kappa shape index (κ3) is 1.15. The summed E-state index contributed by atoms with van der Waals surface area (Å²) in [5.41, 5.74) is 0. The molecule has 2 nitrogen and oxygen atoms in total. The first-order chi connectivity index (χ1) is 4.79. The van der Waals surface area contributed by atoms with E-state index < -0.39 is 0 Å². The molecule has 0 aromatic rings. The average Bonchev–Trinajstić information content (AvgIpc) is 1.95. The summed E-state index contributed by atoms with van der Waals surface area (Å²) in [6.07, 6.45) is 3.27. The van der Waals surface area contributed by atoms with Crippen LogP contribution in [-0.4, -0.2) is 12.1 Å². The van der Waals surface area contributed by atoms with E-state index in [0.29, 0.717) is 0 Å². The zero-order valence-corrected chi connectivity index (χ0v) is 6.59. The predicted molar refractivity (Wildman–Crippen MR) is 38.6 cm³/mol. The fourth-order valence-corrected chi connectivity index (χ4v) is 1.38. The summed E-state index contributed by atoms with van der Waals surface area (Å²) in [6.45, 7) is 4.15. The van der Waals surface area contributed by atoms with E-state index in [0.717, 1.165) is 19.3 Å². The molecule has 58 valence electrons. The molecule has 0 bridgehead atoms. The Morgan fingerprint density at radius 2 is 2.20 bits per heavy atom. The quantitative estimate of drug-likeness (QED) is 0.561. The molecule has 2 atom stereocenters. The van der Waals surface area contributed by atoms with Gasteiger partial charge in [-0.1, -0.05) is 20.3 Å². The summed E-state index contributed by atoms with van der Waals surface area (Å²) in [6, 6.07) is 0. The highest BCUT2D eigenvalue weighted by atomic mass is 16.6. The molecule has 1 saturated heterocycles. The molecule has 0 N–H and O–H groups in total. The lowest BCUT2D eigenvalue weighted by molar-refractivity contribution is -0.185. The van der Waals surface area contributed by atoms with Gasteiger partial charge in [-0.15, -0.1) is 0 Å². The number of ether oxygens (including phenoxy) is 1. The lowest BCUT2D eigenvalue weighted by Gasteiger charge is -2.34. The fourth-order valence-electron chi connectivity index (χ4n) is 1.38. The van der Waals surface area contributed by atoms with Gasteiger partial charge in [0.25, 0.3) is 0 Å². The van der Waals surface area contributed by atoms with Crippen molar-refractivity contribution in [3.05, 3.63) is 0 Å². The molecule has 0 amide bonds. The first-order valence-corrected chi connectivity index (χ1v) is 4.00. The van der Waals surface area contributed by atoms with Crippen LogP contribution < -0.4 is 0 Å². The molecule has 1 fully saturated rings. The largest absolute Gasteiger partial charge is 0.461 e. The van der Waals surface area contributed by atoms with Gasteiger partial charge in [-0.2, -0.15) is 0 Å². The minimum absolute atomic E-state index is 0.00806. The molecule has 0 radical (unpaired) electrons. The Morgan fingerprint density at radius 1 is 1.50 bits per heavy atom. The average molecular weight is 142 g/mol. The minimum atomic E-state index is 0.00806. The van der Waals surface area contributed by atoms with Gasteiger partial charge in [-0.25, -0.2) is 0 Å². The maximum atomic E-state index is 10.8. The minimum Gasteiger partial charge on any atom is -0.461 e. The highest BCUT2D eigenvalue weighted by molar-refractivity contribution is 5.78. The SMILES string of the molecule is CCC[C@H]1C(=O)O[C@@H]1CC. The van der Waals surface area contributed by atoms with Gasteiger partial charge in [0.05, 0.1) is 5.92 Å². The van der Waals surface area contributed by atoms with E-state index in [1.165, 1.54) is 0 Å². The standard InChI is InChI=1S/C8H14O2/c1-3-5-6-7(4-2)10-8(6)9/h6-7H,3-5H2,1-2H3/t6-,7-/m1/s1. The third-order valence-electron chi connectivity index (χ3n) is 2.02. The van der Waals surface area contributed by atoms with Gasteiger partial charge in [-0.05, 0) is 12.8 Å². The van der Waals surface area contributed by atoms with Crippen LogP contribution in [0.25, 0.3) is 0 Å². The third-order valence-corrected chi connectivity index (χ3v) is 2.02. The Bertz CT molecular complexity index is 131. The lowest BCUT2D eigenvalue weighted by Crippen LogP contribution is -2.44. The summed E-state index contributed by atoms with van der Waals surface area (Å²) < 4.78 is 4.91. The van der Waals surface area contributed by atoms with E-state index >= 15 is 0 Å². The molecule has 0 aromatic carbocycles. The Labute approximate surface area is 61.6 Å². The fraction of sp³-hybridized carbons (Fsp3) is 0.875. The molecule has 1 aliphatic rings. The molecular formula is C8H14O2. The lowest BCUT2D eigenvalue weighted by atomic mass is 9.91. The van der Waals surface area contributed by atoms with Crippen molar-refractivity contribution in [1.29, 1.82) is 0 Å². The smallest absolute Gasteiger partial charge is 0.313 e. The first-order valence-electron chi connectivity index (χ1n) is 4.00. The molecule has 0 aliphatic carbocycles. The van der Waals surface area contributed by atoms with Crippen LogP contribution in [0.1, 0.15) is 33.1 Å². The predicted octanol–water partition coefficient (Wildman–Crippen LogP) is 1.74. The molecule has 1 heterocycles. The normalized spacial score (nSPS) is 31.2. The summed E-state index contributed by atoms with van der Waals surface area (Å²) >= 11 is 0. The van der Waals surface area contributed by atoms with Crippen molar-refractivity contribution in [3.8, 4) is 0 Å². The van der Waals surface area contributed by atoms with Crippen molar-refractivity contribution < 1.29 is 9.53 Å². The number of carbonyl (C=O) groups excluding carboxylic acids is 1. The molecule has 2 heteroatoms. The van der Waals surface area contributed by atoms with Crippen LogP contribution in [0.4, 0.5) is 0 Å². The van der Waals surface area contributed by atoms with Gasteiger partial charge in [-0.3, -0.25) is 4.79 Å². The van der Waals surface area contributed by atoms with Crippen molar-refractivity contribution >= 4 is 5.97 Å². The van der Waals surface area contributed by atoms with E-state index in [2.05, 4.69) is 13.8 Å². The van der Waals surface area contributed by atoms with Crippen molar-refractivity contribution in [1.82, 2.24) is 0 Å². The van der Waals surface area contributed by atoms with E-state index in [4.69, 9.17) is 4.74 Å². The van der Waals surface area contributed by atoms with Crippen LogP contribution in [0.15, 0.2) is 0 Å². The van der Waals surface area contributed by atoms with E-state index in [1.807, 2.05) is 0 Å². The first kappa shape index (κ1) is 7.58. The molecule has 0 spiro atoms. The second-order valence-electron chi connectivity index (χ2n) is 2.78. The van der Waals surface area contributed by atoms with E-state index in [9.17, 15) is 4.79 Å². The maximum absolute atomic E-state index is 10.8. The van der Waals surface area contributed by atoms with Crippen molar-refractivity contribution in [2.24, 2.45) is 5.92 Å². The number of hydrogen-bond donors (Lipinski definition) is 0.